The Morgan fingerprint density at radius 3 is 2.54 bits per heavy atom. The summed E-state index contributed by atoms with van der Waals surface area (Å²) >= 11 is 0. The molecule has 0 spiro atoms. The first-order chi connectivity index (χ1) is 5.99. The van der Waals surface area contributed by atoms with E-state index < -0.39 is 11.6 Å². The van der Waals surface area contributed by atoms with E-state index >= 15 is 0 Å². The highest BCUT2D eigenvalue weighted by Gasteiger charge is 2.19. The largest absolute Gasteiger partial charge is 0.454 e. The van der Waals surface area contributed by atoms with Gasteiger partial charge in [-0.3, -0.25) is 0 Å². The summed E-state index contributed by atoms with van der Waals surface area (Å²) in [5.74, 6) is -0.571. The molecular weight excluding hydrogens is 170 g/mol. The van der Waals surface area contributed by atoms with Crippen molar-refractivity contribution in [1.29, 1.82) is 0 Å². The molecule has 0 saturated carbocycles. The van der Waals surface area contributed by atoms with Crippen molar-refractivity contribution in [2.75, 3.05) is 0 Å². The highest BCUT2D eigenvalue weighted by Crippen LogP contribution is 2.08. The molecule has 0 saturated heterocycles. The number of rotatable bonds is 1. The Labute approximate surface area is 76.2 Å². The van der Waals surface area contributed by atoms with Crippen LogP contribution in [-0.4, -0.2) is 26.8 Å². The summed E-state index contributed by atoms with van der Waals surface area (Å²) in [5, 5.41) is 7.05. The fourth-order valence-corrected chi connectivity index (χ4v) is 0.665. The van der Waals surface area contributed by atoms with Gasteiger partial charge in [-0.05, 0) is 20.8 Å². The number of nitrogens with zero attached hydrogens (tertiary/aromatic N) is 3. The molecule has 1 rings (SSSR count). The van der Waals surface area contributed by atoms with Crippen molar-refractivity contribution < 1.29 is 9.53 Å². The predicted molar refractivity (Wildman–Crippen MR) is 45.0 cm³/mol. The molecule has 5 heteroatoms. The highest BCUT2D eigenvalue weighted by molar-refractivity contribution is 5.85. The number of carbonyl (C=O) groups is 1. The van der Waals surface area contributed by atoms with Crippen molar-refractivity contribution in [1.82, 2.24) is 15.2 Å². The Hall–Kier alpha value is -1.52. The Morgan fingerprint density at radius 2 is 2.08 bits per heavy atom. The molecule has 70 valence electrons. The van der Waals surface area contributed by atoms with E-state index in [1.54, 1.807) is 20.8 Å². The van der Waals surface area contributed by atoms with Crippen molar-refractivity contribution in [3.05, 3.63) is 18.2 Å². The molecule has 1 heterocycles. The molecule has 0 aliphatic heterocycles. The van der Waals surface area contributed by atoms with Crippen LogP contribution in [0.25, 0.3) is 0 Å². The normalized spacial score (nSPS) is 11.0. The standard InChI is InChI=1S/C8H11N3O2/c1-8(2,3)13-7(12)6-9-4-5-10-11-6/h4-5H,1-3H3. The van der Waals surface area contributed by atoms with Crippen LogP contribution in [-0.2, 0) is 4.74 Å². The van der Waals surface area contributed by atoms with E-state index in [1.165, 1.54) is 12.4 Å². The van der Waals surface area contributed by atoms with Crippen LogP contribution in [0.4, 0.5) is 0 Å². The Balaban J connectivity index is 2.71. The van der Waals surface area contributed by atoms with Crippen molar-refractivity contribution >= 4 is 5.97 Å². The zero-order valence-corrected chi connectivity index (χ0v) is 7.81. The van der Waals surface area contributed by atoms with E-state index in [-0.39, 0.29) is 5.82 Å². The van der Waals surface area contributed by atoms with Gasteiger partial charge in [-0.1, -0.05) is 0 Å². The van der Waals surface area contributed by atoms with Gasteiger partial charge < -0.3 is 4.74 Å². The Morgan fingerprint density at radius 1 is 1.38 bits per heavy atom. The Bertz CT molecular complexity index is 292. The molecule has 0 atom stereocenters. The average Bonchev–Trinajstić information content (AvgIpc) is 2.03. The van der Waals surface area contributed by atoms with Crippen molar-refractivity contribution in [2.45, 2.75) is 26.4 Å². The number of esters is 1. The number of hydrogen-bond donors (Lipinski definition) is 0. The van der Waals surface area contributed by atoms with Crippen LogP contribution in [0.1, 0.15) is 31.4 Å². The first-order valence-corrected chi connectivity index (χ1v) is 3.86. The van der Waals surface area contributed by atoms with Crippen LogP contribution in [0.5, 0.6) is 0 Å². The first kappa shape index (κ1) is 9.57. The monoisotopic (exact) mass is 181 g/mol. The van der Waals surface area contributed by atoms with Crippen LogP contribution < -0.4 is 0 Å². The zero-order valence-electron chi connectivity index (χ0n) is 7.81. The van der Waals surface area contributed by atoms with Gasteiger partial charge in [0.05, 0.1) is 6.20 Å². The second-order valence-electron chi connectivity index (χ2n) is 3.47. The maximum atomic E-state index is 11.3. The molecule has 0 aliphatic rings. The van der Waals surface area contributed by atoms with Gasteiger partial charge in [-0.25, -0.2) is 9.78 Å². The van der Waals surface area contributed by atoms with Gasteiger partial charge >= 0.3 is 5.97 Å². The molecule has 1 aromatic heterocycles. The number of hydrogen-bond acceptors (Lipinski definition) is 5. The van der Waals surface area contributed by atoms with E-state index in [2.05, 4.69) is 15.2 Å². The zero-order chi connectivity index (χ0) is 9.90. The van der Waals surface area contributed by atoms with Crippen molar-refractivity contribution in [2.24, 2.45) is 0 Å². The number of ether oxygens (including phenoxy) is 1. The Kier molecular flexibility index (Phi) is 2.55. The fourth-order valence-electron chi connectivity index (χ4n) is 0.665. The van der Waals surface area contributed by atoms with Gasteiger partial charge in [0.1, 0.15) is 5.60 Å². The second-order valence-corrected chi connectivity index (χ2v) is 3.47. The smallest absolute Gasteiger partial charge is 0.378 e. The minimum Gasteiger partial charge on any atom is -0.454 e. The summed E-state index contributed by atoms with van der Waals surface area (Å²) < 4.78 is 5.02. The summed E-state index contributed by atoms with van der Waals surface area (Å²) in [6, 6.07) is 0. The molecule has 0 radical (unpaired) electrons. The highest BCUT2D eigenvalue weighted by atomic mass is 16.6. The van der Waals surface area contributed by atoms with Crippen LogP contribution >= 0.6 is 0 Å². The maximum absolute atomic E-state index is 11.3. The first-order valence-electron chi connectivity index (χ1n) is 3.86. The molecule has 1 aromatic rings. The third-order valence-electron chi connectivity index (χ3n) is 1.06. The van der Waals surface area contributed by atoms with E-state index in [1.807, 2.05) is 0 Å². The second kappa shape index (κ2) is 3.47. The van der Waals surface area contributed by atoms with E-state index in [0.717, 1.165) is 0 Å². The van der Waals surface area contributed by atoms with Crippen LogP contribution in [0.2, 0.25) is 0 Å². The van der Waals surface area contributed by atoms with E-state index in [9.17, 15) is 4.79 Å². The quantitative estimate of drug-likeness (QED) is 0.600. The molecule has 13 heavy (non-hydrogen) atoms. The van der Waals surface area contributed by atoms with Gasteiger partial charge in [-0.15, -0.1) is 5.10 Å². The van der Waals surface area contributed by atoms with Crippen LogP contribution in [0.3, 0.4) is 0 Å². The third-order valence-corrected chi connectivity index (χ3v) is 1.06. The summed E-state index contributed by atoms with van der Waals surface area (Å²) in [5.41, 5.74) is -0.531. The molecular formula is C8H11N3O2. The summed E-state index contributed by atoms with van der Waals surface area (Å²) in [7, 11) is 0. The van der Waals surface area contributed by atoms with Gasteiger partial charge in [0.25, 0.3) is 5.82 Å². The number of carbonyl (C=O) groups excluding carboxylic acids is 1. The van der Waals surface area contributed by atoms with Gasteiger partial charge in [-0.2, -0.15) is 5.10 Å². The molecule has 0 N–H and O–H groups in total. The van der Waals surface area contributed by atoms with E-state index in [4.69, 9.17) is 4.74 Å². The minimum absolute atomic E-state index is 0.0163. The lowest BCUT2D eigenvalue weighted by atomic mass is 10.2. The lowest BCUT2D eigenvalue weighted by molar-refractivity contribution is 0.00541. The fraction of sp³-hybridized carbons (Fsp3) is 0.500. The molecule has 0 bridgehead atoms. The van der Waals surface area contributed by atoms with Crippen molar-refractivity contribution in [3.63, 3.8) is 0 Å². The van der Waals surface area contributed by atoms with Gasteiger partial charge in [0.15, 0.2) is 0 Å². The topological polar surface area (TPSA) is 65.0 Å². The number of aromatic nitrogens is 3. The summed E-state index contributed by atoms with van der Waals surface area (Å²) in [4.78, 5) is 15.0. The van der Waals surface area contributed by atoms with E-state index in [0.29, 0.717) is 0 Å². The van der Waals surface area contributed by atoms with Crippen LogP contribution in [0, 0.1) is 0 Å². The van der Waals surface area contributed by atoms with Gasteiger partial charge in [0.2, 0.25) is 0 Å². The minimum atomic E-state index is -0.555. The van der Waals surface area contributed by atoms with Gasteiger partial charge in [0, 0.05) is 6.20 Å². The lowest BCUT2D eigenvalue weighted by Crippen LogP contribution is -2.25. The predicted octanol–water partition coefficient (Wildman–Crippen LogP) is 0.827. The average molecular weight is 181 g/mol. The lowest BCUT2D eigenvalue weighted by Gasteiger charge is -2.18. The molecule has 0 aromatic carbocycles. The van der Waals surface area contributed by atoms with Crippen LogP contribution in [0.15, 0.2) is 12.4 Å². The summed E-state index contributed by atoms with van der Waals surface area (Å²) in [6.45, 7) is 5.34. The molecule has 5 nitrogen and oxygen atoms in total. The SMILES string of the molecule is CC(C)(C)OC(=O)c1nccnn1. The van der Waals surface area contributed by atoms with Crippen molar-refractivity contribution in [3.8, 4) is 0 Å². The summed E-state index contributed by atoms with van der Waals surface area (Å²) in [6.07, 6.45) is 2.79. The molecule has 0 amide bonds. The maximum Gasteiger partial charge on any atom is 0.378 e. The molecule has 0 fully saturated rings. The molecule has 0 unspecified atom stereocenters. The third kappa shape index (κ3) is 3.14. The molecule has 0 aliphatic carbocycles.